The molecular weight excluding hydrogens is 231 g/mol. The molecule has 17 heavy (non-hydrogen) atoms. The van der Waals surface area contributed by atoms with Crippen molar-refractivity contribution in [3.63, 3.8) is 0 Å². The largest absolute Gasteiger partial charge is 0.492 e. The molecule has 2 nitrogen and oxygen atoms in total. The topological polar surface area (TPSA) is 12.5 Å². The van der Waals surface area contributed by atoms with Gasteiger partial charge in [-0.2, -0.15) is 0 Å². The molecule has 0 bridgehead atoms. The molecule has 1 fully saturated rings. The maximum Gasteiger partial charge on any atom is 0.261 e. The van der Waals surface area contributed by atoms with E-state index in [9.17, 15) is 13.2 Å². The molecule has 0 atom stereocenters. The van der Waals surface area contributed by atoms with Gasteiger partial charge in [0.1, 0.15) is 18.2 Å². The van der Waals surface area contributed by atoms with E-state index in [0.717, 1.165) is 0 Å². The molecule has 2 rings (SSSR count). The molecule has 1 heterocycles. The van der Waals surface area contributed by atoms with Gasteiger partial charge in [-0.25, -0.2) is 13.2 Å². The Morgan fingerprint density at radius 3 is 2.53 bits per heavy atom. The second-order valence-electron chi connectivity index (χ2n) is 4.18. The predicted molar refractivity (Wildman–Crippen MR) is 57.9 cm³/mol. The van der Waals surface area contributed by atoms with Crippen LogP contribution in [0.4, 0.5) is 13.2 Å². The minimum atomic E-state index is -2.56. The minimum absolute atomic E-state index is 0.0798. The molecule has 94 valence electrons. The minimum Gasteiger partial charge on any atom is -0.492 e. The molecule has 0 amide bonds. The van der Waals surface area contributed by atoms with Crippen molar-refractivity contribution in [3.8, 4) is 5.75 Å². The molecule has 0 spiro atoms. The van der Waals surface area contributed by atoms with Crippen molar-refractivity contribution in [2.45, 2.75) is 12.3 Å². The second kappa shape index (κ2) is 4.96. The standard InChI is InChI=1S/C12H14F3NO/c13-10-1-3-11(4-2-10)17-8-7-16-6-5-12(14,15)9-16/h1-4H,5-9H2. The van der Waals surface area contributed by atoms with Gasteiger partial charge in [-0.15, -0.1) is 0 Å². The van der Waals surface area contributed by atoms with Crippen LogP contribution in [0, 0.1) is 5.82 Å². The van der Waals surface area contributed by atoms with Crippen molar-refractivity contribution in [1.82, 2.24) is 4.90 Å². The van der Waals surface area contributed by atoms with Crippen LogP contribution in [0.15, 0.2) is 24.3 Å². The molecule has 1 aromatic rings. The average Bonchev–Trinajstić information content (AvgIpc) is 2.61. The van der Waals surface area contributed by atoms with Crippen molar-refractivity contribution >= 4 is 0 Å². The van der Waals surface area contributed by atoms with E-state index in [2.05, 4.69) is 0 Å². The van der Waals surface area contributed by atoms with Gasteiger partial charge in [0.25, 0.3) is 5.92 Å². The number of benzene rings is 1. The van der Waals surface area contributed by atoms with Crippen molar-refractivity contribution in [2.24, 2.45) is 0 Å². The Balaban J connectivity index is 1.71. The van der Waals surface area contributed by atoms with Crippen molar-refractivity contribution in [3.05, 3.63) is 30.1 Å². The van der Waals surface area contributed by atoms with Crippen LogP contribution in [0.25, 0.3) is 0 Å². The number of alkyl halides is 2. The van der Waals surface area contributed by atoms with Crippen LogP contribution in [0.2, 0.25) is 0 Å². The van der Waals surface area contributed by atoms with E-state index in [1.54, 1.807) is 4.90 Å². The van der Waals surface area contributed by atoms with Crippen LogP contribution in [0.3, 0.4) is 0 Å². The summed E-state index contributed by atoms with van der Waals surface area (Å²) in [7, 11) is 0. The van der Waals surface area contributed by atoms with E-state index in [-0.39, 0.29) is 18.8 Å². The van der Waals surface area contributed by atoms with E-state index >= 15 is 0 Å². The molecule has 5 heteroatoms. The quantitative estimate of drug-likeness (QED) is 0.808. The first kappa shape index (κ1) is 12.2. The van der Waals surface area contributed by atoms with E-state index in [1.165, 1.54) is 24.3 Å². The Hall–Kier alpha value is -1.23. The Labute approximate surface area is 98.0 Å². The third-order valence-electron chi connectivity index (χ3n) is 2.74. The van der Waals surface area contributed by atoms with Gasteiger partial charge in [0.15, 0.2) is 0 Å². The first-order valence-electron chi connectivity index (χ1n) is 5.54. The summed E-state index contributed by atoms with van der Waals surface area (Å²) in [6.45, 7) is 1.01. The lowest BCUT2D eigenvalue weighted by atomic mass is 10.3. The van der Waals surface area contributed by atoms with E-state index in [1.807, 2.05) is 0 Å². The molecule has 1 aromatic carbocycles. The Kier molecular flexibility index (Phi) is 3.57. The van der Waals surface area contributed by atoms with Crippen LogP contribution in [0.5, 0.6) is 5.75 Å². The van der Waals surface area contributed by atoms with Crippen LogP contribution in [-0.2, 0) is 0 Å². The van der Waals surface area contributed by atoms with Gasteiger partial charge in [0.2, 0.25) is 0 Å². The fourth-order valence-corrected chi connectivity index (χ4v) is 1.82. The van der Waals surface area contributed by atoms with E-state index < -0.39 is 5.92 Å². The van der Waals surface area contributed by atoms with Crippen LogP contribution in [0.1, 0.15) is 6.42 Å². The number of likely N-dealkylation sites (tertiary alicyclic amines) is 1. The highest BCUT2D eigenvalue weighted by molar-refractivity contribution is 5.21. The van der Waals surface area contributed by atoms with Crippen LogP contribution in [-0.4, -0.2) is 37.1 Å². The predicted octanol–water partition coefficient (Wildman–Crippen LogP) is 2.55. The zero-order valence-electron chi connectivity index (χ0n) is 9.33. The zero-order chi connectivity index (χ0) is 12.3. The lowest BCUT2D eigenvalue weighted by Crippen LogP contribution is -2.29. The monoisotopic (exact) mass is 245 g/mol. The molecule has 0 unspecified atom stereocenters. The lowest BCUT2D eigenvalue weighted by molar-refractivity contribution is 0.0113. The summed E-state index contributed by atoms with van der Waals surface area (Å²) in [5, 5.41) is 0. The summed E-state index contributed by atoms with van der Waals surface area (Å²) >= 11 is 0. The highest BCUT2D eigenvalue weighted by Gasteiger charge is 2.37. The number of hydrogen-bond acceptors (Lipinski definition) is 2. The van der Waals surface area contributed by atoms with Crippen molar-refractivity contribution in [2.75, 3.05) is 26.2 Å². The number of hydrogen-bond donors (Lipinski definition) is 0. The Morgan fingerprint density at radius 1 is 1.24 bits per heavy atom. The molecule has 0 radical (unpaired) electrons. The fourth-order valence-electron chi connectivity index (χ4n) is 1.82. The zero-order valence-corrected chi connectivity index (χ0v) is 9.33. The third-order valence-corrected chi connectivity index (χ3v) is 2.74. The maximum atomic E-state index is 12.9. The van der Waals surface area contributed by atoms with Crippen molar-refractivity contribution < 1.29 is 17.9 Å². The molecular formula is C12H14F3NO. The van der Waals surface area contributed by atoms with Gasteiger partial charge in [-0.05, 0) is 24.3 Å². The van der Waals surface area contributed by atoms with Gasteiger partial charge >= 0.3 is 0 Å². The van der Waals surface area contributed by atoms with Gasteiger partial charge in [-0.1, -0.05) is 0 Å². The summed E-state index contributed by atoms with van der Waals surface area (Å²) in [4.78, 5) is 1.67. The highest BCUT2D eigenvalue weighted by atomic mass is 19.3. The van der Waals surface area contributed by atoms with Crippen molar-refractivity contribution in [1.29, 1.82) is 0 Å². The molecule has 0 aliphatic carbocycles. The first-order valence-corrected chi connectivity index (χ1v) is 5.54. The summed E-state index contributed by atoms with van der Waals surface area (Å²) in [6, 6.07) is 5.65. The normalized spacial score (nSPS) is 19.5. The second-order valence-corrected chi connectivity index (χ2v) is 4.18. The molecule has 1 saturated heterocycles. The first-order chi connectivity index (χ1) is 8.05. The van der Waals surface area contributed by atoms with Crippen LogP contribution >= 0.6 is 0 Å². The third kappa shape index (κ3) is 3.63. The Morgan fingerprint density at radius 2 is 1.94 bits per heavy atom. The van der Waals surface area contributed by atoms with Gasteiger partial charge in [0.05, 0.1) is 6.54 Å². The summed E-state index contributed by atoms with van der Waals surface area (Å²) in [5.74, 6) is -2.33. The van der Waals surface area contributed by atoms with Gasteiger partial charge in [0, 0.05) is 19.5 Å². The molecule has 1 aliphatic heterocycles. The molecule has 0 N–H and O–H groups in total. The fraction of sp³-hybridized carbons (Fsp3) is 0.500. The average molecular weight is 245 g/mol. The van der Waals surface area contributed by atoms with Gasteiger partial charge < -0.3 is 4.74 Å². The summed E-state index contributed by atoms with van der Waals surface area (Å²) in [6.07, 6.45) is -0.0798. The Bertz CT molecular complexity index is 367. The lowest BCUT2D eigenvalue weighted by Gasteiger charge is -2.15. The SMILES string of the molecule is Fc1ccc(OCCN2CCC(F)(F)C2)cc1. The number of nitrogens with zero attached hydrogens (tertiary/aromatic N) is 1. The smallest absolute Gasteiger partial charge is 0.261 e. The summed E-state index contributed by atoms with van der Waals surface area (Å²) < 4.78 is 43.7. The van der Waals surface area contributed by atoms with E-state index in [4.69, 9.17) is 4.74 Å². The number of halogens is 3. The maximum absolute atomic E-state index is 12.9. The number of rotatable bonds is 4. The van der Waals surface area contributed by atoms with Gasteiger partial charge in [-0.3, -0.25) is 4.90 Å². The highest BCUT2D eigenvalue weighted by Crippen LogP contribution is 2.26. The molecule has 0 saturated carbocycles. The van der Waals surface area contributed by atoms with Crippen LogP contribution < -0.4 is 4.74 Å². The van der Waals surface area contributed by atoms with E-state index in [0.29, 0.717) is 25.4 Å². The molecule has 0 aromatic heterocycles. The number of ether oxygens (including phenoxy) is 1. The summed E-state index contributed by atoms with van der Waals surface area (Å²) in [5.41, 5.74) is 0. The molecule has 1 aliphatic rings.